The Hall–Kier alpha value is -0.580. The third kappa shape index (κ3) is 3.21. The van der Waals surface area contributed by atoms with E-state index in [2.05, 4.69) is 0 Å². The van der Waals surface area contributed by atoms with E-state index in [0.717, 1.165) is 16.7 Å². The molecule has 0 aliphatic carbocycles. The maximum absolute atomic E-state index is 11.5. The first-order chi connectivity index (χ1) is 7.64. The molecule has 1 aromatic rings. The van der Waals surface area contributed by atoms with Crippen molar-refractivity contribution >= 4 is 21.4 Å². The van der Waals surface area contributed by atoms with Gasteiger partial charge in [-0.25, -0.2) is 8.42 Å². The van der Waals surface area contributed by atoms with Crippen molar-refractivity contribution in [1.82, 2.24) is 0 Å². The Kier molecular flexibility index (Phi) is 4.23. The van der Waals surface area contributed by atoms with Gasteiger partial charge in [0.25, 0.3) is 0 Å². The number of nitrogens with two attached hydrogens (primary N) is 1. The molecule has 0 bridgehead atoms. The van der Waals surface area contributed by atoms with E-state index in [-0.39, 0.29) is 0 Å². The molecular formula is C12H18ClNO2S. The molecule has 2 unspecified atom stereocenters. The summed E-state index contributed by atoms with van der Waals surface area (Å²) in [5.74, 6) is 0. The molecule has 0 fully saturated rings. The second-order valence-corrected chi connectivity index (χ2v) is 7.33. The van der Waals surface area contributed by atoms with Gasteiger partial charge in [-0.15, -0.1) is 0 Å². The molecule has 0 saturated carbocycles. The van der Waals surface area contributed by atoms with Crippen LogP contribution in [0, 0.1) is 13.8 Å². The van der Waals surface area contributed by atoms with Crippen molar-refractivity contribution in [2.45, 2.75) is 32.1 Å². The topological polar surface area (TPSA) is 60.2 Å². The zero-order valence-electron chi connectivity index (χ0n) is 10.5. The van der Waals surface area contributed by atoms with Crippen LogP contribution in [0.15, 0.2) is 12.1 Å². The maximum Gasteiger partial charge on any atom is 0.151 e. The van der Waals surface area contributed by atoms with E-state index in [9.17, 15) is 8.42 Å². The van der Waals surface area contributed by atoms with Gasteiger partial charge in [0.15, 0.2) is 9.84 Å². The number of hydrogen-bond donors (Lipinski definition) is 1. The molecule has 0 aromatic heterocycles. The summed E-state index contributed by atoms with van der Waals surface area (Å²) >= 11 is 6.00. The van der Waals surface area contributed by atoms with Gasteiger partial charge in [0.05, 0.1) is 5.25 Å². The SMILES string of the molecule is Cc1cc(C(N)C(C)S(C)(=O)=O)c(C)cc1Cl. The molecule has 2 atom stereocenters. The minimum absolute atomic E-state index is 0.527. The first-order valence-electron chi connectivity index (χ1n) is 5.35. The highest BCUT2D eigenvalue weighted by molar-refractivity contribution is 7.91. The van der Waals surface area contributed by atoms with Crippen molar-refractivity contribution in [3.05, 3.63) is 33.8 Å². The smallest absolute Gasteiger partial charge is 0.151 e. The highest BCUT2D eigenvalue weighted by atomic mass is 35.5. The lowest BCUT2D eigenvalue weighted by molar-refractivity contribution is 0.570. The summed E-state index contributed by atoms with van der Waals surface area (Å²) in [6, 6.07) is 3.16. The van der Waals surface area contributed by atoms with Gasteiger partial charge in [-0.1, -0.05) is 17.7 Å². The van der Waals surface area contributed by atoms with Crippen molar-refractivity contribution < 1.29 is 8.42 Å². The van der Waals surface area contributed by atoms with Crippen LogP contribution in [0.25, 0.3) is 0 Å². The molecule has 0 amide bonds. The summed E-state index contributed by atoms with van der Waals surface area (Å²) < 4.78 is 23.0. The van der Waals surface area contributed by atoms with E-state index in [1.54, 1.807) is 6.92 Å². The van der Waals surface area contributed by atoms with E-state index in [0.29, 0.717) is 5.02 Å². The van der Waals surface area contributed by atoms with Crippen molar-refractivity contribution in [2.75, 3.05) is 6.26 Å². The third-order valence-electron chi connectivity index (χ3n) is 3.09. The Morgan fingerprint density at radius 3 is 2.24 bits per heavy atom. The monoisotopic (exact) mass is 275 g/mol. The number of benzene rings is 1. The summed E-state index contributed by atoms with van der Waals surface area (Å²) in [6.45, 7) is 5.39. The normalized spacial score (nSPS) is 15.6. The minimum Gasteiger partial charge on any atom is -0.323 e. The molecule has 96 valence electrons. The van der Waals surface area contributed by atoms with Crippen LogP contribution in [0.3, 0.4) is 0 Å². The zero-order valence-corrected chi connectivity index (χ0v) is 12.1. The van der Waals surface area contributed by atoms with Gasteiger partial charge < -0.3 is 5.73 Å². The average molecular weight is 276 g/mol. The van der Waals surface area contributed by atoms with Crippen molar-refractivity contribution in [3.63, 3.8) is 0 Å². The summed E-state index contributed by atoms with van der Waals surface area (Å²) in [7, 11) is -3.15. The van der Waals surface area contributed by atoms with Gasteiger partial charge in [-0.2, -0.15) is 0 Å². The van der Waals surface area contributed by atoms with Gasteiger partial charge >= 0.3 is 0 Å². The Labute approximate surface area is 108 Å². The lowest BCUT2D eigenvalue weighted by Gasteiger charge is -2.21. The first-order valence-corrected chi connectivity index (χ1v) is 7.69. The lowest BCUT2D eigenvalue weighted by atomic mass is 9.97. The molecule has 1 rings (SSSR count). The predicted molar refractivity (Wildman–Crippen MR) is 72.2 cm³/mol. The standard InChI is InChI=1S/C12H18ClNO2S/c1-7-6-11(13)8(2)5-10(7)12(14)9(3)17(4,15)16/h5-6,9,12H,14H2,1-4H3. The lowest BCUT2D eigenvalue weighted by Crippen LogP contribution is -2.31. The molecule has 0 radical (unpaired) electrons. The summed E-state index contributed by atoms with van der Waals surface area (Å²) in [5, 5.41) is 0.0623. The predicted octanol–water partition coefficient (Wildman–Crippen LogP) is 2.39. The highest BCUT2D eigenvalue weighted by Crippen LogP contribution is 2.27. The minimum atomic E-state index is -3.15. The number of sulfone groups is 1. The Bertz CT molecular complexity index is 526. The summed E-state index contributed by atoms with van der Waals surface area (Å²) in [6.07, 6.45) is 1.20. The molecule has 0 heterocycles. The fraction of sp³-hybridized carbons (Fsp3) is 0.500. The molecule has 3 nitrogen and oxygen atoms in total. The van der Waals surface area contributed by atoms with Crippen LogP contribution < -0.4 is 5.73 Å². The van der Waals surface area contributed by atoms with Crippen molar-refractivity contribution in [3.8, 4) is 0 Å². The molecule has 5 heteroatoms. The van der Waals surface area contributed by atoms with E-state index in [1.165, 1.54) is 6.26 Å². The van der Waals surface area contributed by atoms with Gasteiger partial charge in [-0.05, 0) is 43.5 Å². The van der Waals surface area contributed by atoms with Gasteiger partial charge in [-0.3, -0.25) is 0 Å². The fourth-order valence-electron chi connectivity index (χ4n) is 1.68. The number of aryl methyl sites for hydroxylation is 2. The number of rotatable bonds is 3. The third-order valence-corrected chi connectivity index (χ3v) is 5.14. The molecule has 1 aromatic carbocycles. The second kappa shape index (κ2) is 4.96. The fourth-order valence-corrected chi connectivity index (χ4v) is 2.58. The molecule has 17 heavy (non-hydrogen) atoms. The molecule has 0 saturated heterocycles. The van der Waals surface area contributed by atoms with Crippen LogP contribution in [0.5, 0.6) is 0 Å². The molecule has 2 N–H and O–H groups in total. The van der Waals surface area contributed by atoms with Crippen LogP contribution >= 0.6 is 11.6 Å². The second-order valence-electron chi connectivity index (χ2n) is 4.52. The molecule has 0 aliphatic rings. The van der Waals surface area contributed by atoms with Crippen molar-refractivity contribution in [2.24, 2.45) is 5.73 Å². The zero-order chi connectivity index (χ0) is 13.4. The number of hydrogen-bond acceptors (Lipinski definition) is 3. The average Bonchev–Trinajstić information content (AvgIpc) is 2.20. The van der Waals surface area contributed by atoms with Gasteiger partial charge in [0, 0.05) is 17.3 Å². The largest absolute Gasteiger partial charge is 0.323 e. The van der Waals surface area contributed by atoms with Crippen LogP contribution in [-0.4, -0.2) is 19.9 Å². The van der Waals surface area contributed by atoms with Crippen LogP contribution in [0.2, 0.25) is 5.02 Å². The van der Waals surface area contributed by atoms with Gasteiger partial charge in [0.2, 0.25) is 0 Å². The highest BCUT2D eigenvalue weighted by Gasteiger charge is 2.25. The van der Waals surface area contributed by atoms with Crippen molar-refractivity contribution in [1.29, 1.82) is 0 Å². The molecule has 0 aliphatic heterocycles. The van der Waals surface area contributed by atoms with Gasteiger partial charge in [0.1, 0.15) is 0 Å². The van der Waals surface area contributed by atoms with Crippen LogP contribution in [-0.2, 0) is 9.84 Å². The van der Waals surface area contributed by atoms with E-state index in [4.69, 9.17) is 17.3 Å². The Balaban J connectivity index is 3.22. The van der Waals surface area contributed by atoms with Crippen LogP contribution in [0.4, 0.5) is 0 Å². The van der Waals surface area contributed by atoms with E-state index < -0.39 is 21.1 Å². The Morgan fingerprint density at radius 1 is 1.24 bits per heavy atom. The molecule has 0 spiro atoms. The summed E-state index contributed by atoms with van der Waals surface area (Å²) in [5.41, 5.74) is 8.69. The summed E-state index contributed by atoms with van der Waals surface area (Å²) in [4.78, 5) is 0. The first kappa shape index (κ1) is 14.5. The maximum atomic E-state index is 11.5. The molecular weight excluding hydrogens is 258 g/mol. The van der Waals surface area contributed by atoms with Crippen LogP contribution in [0.1, 0.15) is 29.7 Å². The van der Waals surface area contributed by atoms with E-state index >= 15 is 0 Å². The Morgan fingerprint density at radius 2 is 1.76 bits per heavy atom. The van der Waals surface area contributed by atoms with E-state index in [1.807, 2.05) is 26.0 Å². The number of halogens is 1. The quantitative estimate of drug-likeness (QED) is 0.921.